The minimum atomic E-state index is -2.60. The first-order valence-corrected chi connectivity index (χ1v) is 6.43. The van der Waals surface area contributed by atoms with Crippen molar-refractivity contribution in [2.45, 2.75) is 26.6 Å². The zero-order valence-electron chi connectivity index (χ0n) is 11.2. The lowest BCUT2D eigenvalue weighted by atomic mass is 10.2. The predicted molar refractivity (Wildman–Crippen MR) is 71.6 cm³/mol. The van der Waals surface area contributed by atoms with Gasteiger partial charge in [-0.1, -0.05) is 19.1 Å². The molecule has 0 unspecified atom stereocenters. The first-order valence-electron chi connectivity index (χ1n) is 6.43. The second-order valence-electron chi connectivity index (χ2n) is 4.24. The molecule has 0 fully saturated rings. The molecule has 0 aliphatic carbocycles. The summed E-state index contributed by atoms with van der Waals surface area (Å²) in [6.45, 7) is 1.17. The molecule has 108 valence electrons. The van der Waals surface area contributed by atoms with Gasteiger partial charge < -0.3 is 10.1 Å². The fraction of sp³-hybridized carbons (Fsp3) is 0.357. The monoisotopic (exact) mass is 281 g/mol. The van der Waals surface area contributed by atoms with E-state index >= 15 is 0 Å². The van der Waals surface area contributed by atoms with Crippen LogP contribution in [-0.4, -0.2) is 16.1 Å². The van der Waals surface area contributed by atoms with Gasteiger partial charge in [-0.05, 0) is 24.2 Å². The Hall–Kier alpha value is -1.95. The van der Waals surface area contributed by atoms with Crippen molar-refractivity contribution >= 4 is 0 Å². The highest BCUT2D eigenvalue weighted by atomic mass is 19.3. The largest absolute Gasteiger partial charge is 0.486 e. The molecule has 6 heteroatoms. The van der Waals surface area contributed by atoms with Crippen LogP contribution in [0.1, 0.15) is 24.9 Å². The van der Waals surface area contributed by atoms with Gasteiger partial charge in [-0.2, -0.15) is 8.78 Å². The van der Waals surface area contributed by atoms with Crippen LogP contribution >= 0.6 is 0 Å². The molecule has 0 saturated heterocycles. The van der Waals surface area contributed by atoms with Crippen LogP contribution in [0.5, 0.6) is 5.75 Å². The summed E-state index contributed by atoms with van der Waals surface area (Å²) in [6, 6.07) is 7.53. The lowest BCUT2D eigenvalue weighted by Crippen LogP contribution is -2.11. The average molecular weight is 281 g/mol. The number of ether oxygens (including phenoxy) is 1. The molecular formula is C14H17F2N3O. The van der Waals surface area contributed by atoms with Crippen LogP contribution in [0.2, 0.25) is 0 Å². The van der Waals surface area contributed by atoms with Gasteiger partial charge >= 0.3 is 6.55 Å². The molecule has 4 nitrogen and oxygen atoms in total. The number of hydrogen-bond donors (Lipinski definition) is 1. The number of nitrogens with zero attached hydrogens (tertiary/aromatic N) is 2. The van der Waals surface area contributed by atoms with E-state index in [1.54, 1.807) is 0 Å². The second-order valence-corrected chi connectivity index (χ2v) is 4.24. The SMILES string of the molecule is CCNCc1ccc(OCc2nccn2C(F)F)cc1. The Morgan fingerprint density at radius 2 is 2.05 bits per heavy atom. The van der Waals surface area contributed by atoms with Gasteiger partial charge in [-0.3, -0.25) is 4.57 Å². The Balaban J connectivity index is 1.92. The number of imidazole rings is 1. The van der Waals surface area contributed by atoms with E-state index in [2.05, 4.69) is 10.3 Å². The molecule has 0 radical (unpaired) electrons. The Labute approximate surface area is 116 Å². The normalized spacial score (nSPS) is 11.0. The fourth-order valence-corrected chi connectivity index (χ4v) is 1.75. The van der Waals surface area contributed by atoms with Crippen molar-refractivity contribution in [2.75, 3.05) is 6.54 Å². The molecule has 0 aliphatic rings. The summed E-state index contributed by atoms with van der Waals surface area (Å²) in [7, 11) is 0. The highest BCUT2D eigenvalue weighted by Crippen LogP contribution is 2.16. The maximum Gasteiger partial charge on any atom is 0.320 e. The summed E-state index contributed by atoms with van der Waals surface area (Å²) in [5.41, 5.74) is 1.15. The summed E-state index contributed by atoms with van der Waals surface area (Å²) < 4.78 is 31.5. The molecule has 0 atom stereocenters. The summed E-state index contributed by atoms with van der Waals surface area (Å²) in [6.07, 6.45) is 2.58. The summed E-state index contributed by atoms with van der Waals surface area (Å²) >= 11 is 0. The topological polar surface area (TPSA) is 39.1 Å². The molecule has 0 bridgehead atoms. The molecule has 1 N–H and O–H groups in total. The summed E-state index contributed by atoms with van der Waals surface area (Å²) in [4.78, 5) is 3.86. The molecule has 0 amide bonds. The van der Waals surface area contributed by atoms with E-state index in [1.165, 1.54) is 12.4 Å². The lowest BCUT2D eigenvalue weighted by molar-refractivity contribution is 0.0632. The molecular weight excluding hydrogens is 264 g/mol. The van der Waals surface area contributed by atoms with E-state index in [1.807, 2.05) is 31.2 Å². The van der Waals surface area contributed by atoms with Gasteiger partial charge in [0.1, 0.15) is 12.4 Å². The number of alkyl halides is 2. The molecule has 20 heavy (non-hydrogen) atoms. The first kappa shape index (κ1) is 14.5. The van der Waals surface area contributed by atoms with Crippen molar-refractivity contribution in [1.29, 1.82) is 0 Å². The zero-order valence-corrected chi connectivity index (χ0v) is 11.2. The molecule has 0 aliphatic heterocycles. The van der Waals surface area contributed by atoms with Gasteiger partial charge in [-0.25, -0.2) is 4.98 Å². The van der Waals surface area contributed by atoms with Crippen LogP contribution in [0.25, 0.3) is 0 Å². The summed E-state index contributed by atoms with van der Waals surface area (Å²) in [5, 5.41) is 3.22. The number of aromatic nitrogens is 2. The van der Waals surface area contributed by atoms with Crippen molar-refractivity contribution in [3.8, 4) is 5.75 Å². The van der Waals surface area contributed by atoms with Crippen molar-refractivity contribution in [2.24, 2.45) is 0 Å². The number of nitrogens with one attached hydrogen (secondary N) is 1. The second kappa shape index (κ2) is 7.00. The van der Waals surface area contributed by atoms with E-state index in [9.17, 15) is 8.78 Å². The Bertz CT molecular complexity index is 525. The van der Waals surface area contributed by atoms with E-state index < -0.39 is 6.55 Å². The number of benzene rings is 1. The van der Waals surface area contributed by atoms with Crippen LogP contribution in [-0.2, 0) is 13.2 Å². The summed E-state index contributed by atoms with van der Waals surface area (Å²) in [5.74, 6) is 0.839. The third kappa shape index (κ3) is 3.77. The molecule has 2 rings (SSSR count). The first-order chi connectivity index (χ1) is 9.70. The lowest BCUT2D eigenvalue weighted by Gasteiger charge is -2.09. The third-order valence-corrected chi connectivity index (χ3v) is 2.83. The number of halogens is 2. The molecule has 0 spiro atoms. The fourth-order valence-electron chi connectivity index (χ4n) is 1.75. The van der Waals surface area contributed by atoms with Gasteiger partial charge in [-0.15, -0.1) is 0 Å². The maximum absolute atomic E-state index is 12.6. The van der Waals surface area contributed by atoms with Crippen LogP contribution in [0.4, 0.5) is 8.78 Å². The van der Waals surface area contributed by atoms with E-state index in [0.717, 1.165) is 23.2 Å². The van der Waals surface area contributed by atoms with Gasteiger partial charge in [0, 0.05) is 18.9 Å². The average Bonchev–Trinajstić information content (AvgIpc) is 2.92. The molecule has 2 aromatic rings. The zero-order chi connectivity index (χ0) is 14.4. The van der Waals surface area contributed by atoms with Crippen molar-refractivity contribution in [3.05, 3.63) is 48.0 Å². The van der Waals surface area contributed by atoms with E-state index in [-0.39, 0.29) is 12.4 Å². The smallest absolute Gasteiger partial charge is 0.320 e. The van der Waals surface area contributed by atoms with Gasteiger partial charge in [0.25, 0.3) is 0 Å². The quantitative estimate of drug-likeness (QED) is 0.848. The highest BCUT2D eigenvalue weighted by Gasteiger charge is 2.11. The minimum Gasteiger partial charge on any atom is -0.486 e. The van der Waals surface area contributed by atoms with Crippen molar-refractivity contribution < 1.29 is 13.5 Å². The van der Waals surface area contributed by atoms with Crippen molar-refractivity contribution in [3.63, 3.8) is 0 Å². The van der Waals surface area contributed by atoms with E-state index in [0.29, 0.717) is 5.75 Å². The van der Waals surface area contributed by atoms with Crippen LogP contribution in [0.15, 0.2) is 36.7 Å². The minimum absolute atomic E-state index is 0.0178. The Morgan fingerprint density at radius 3 is 2.70 bits per heavy atom. The van der Waals surface area contributed by atoms with Gasteiger partial charge in [0.2, 0.25) is 0 Å². The van der Waals surface area contributed by atoms with Crippen LogP contribution < -0.4 is 10.1 Å². The Kier molecular flexibility index (Phi) is 5.06. The molecule has 1 aromatic carbocycles. The maximum atomic E-state index is 12.6. The number of hydrogen-bond acceptors (Lipinski definition) is 3. The predicted octanol–water partition coefficient (Wildman–Crippen LogP) is 2.97. The standard InChI is InChI=1S/C14H17F2N3O/c1-2-17-9-11-3-5-12(6-4-11)20-10-13-18-7-8-19(13)14(15)16/h3-8,14,17H,2,9-10H2,1H3. The van der Waals surface area contributed by atoms with Crippen molar-refractivity contribution in [1.82, 2.24) is 14.9 Å². The highest BCUT2D eigenvalue weighted by molar-refractivity contribution is 5.27. The van der Waals surface area contributed by atoms with Crippen LogP contribution in [0.3, 0.4) is 0 Å². The van der Waals surface area contributed by atoms with Gasteiger partial charge in [0.05, 0.1) is 0 Å². The van der Waals surface area contributed by atoms with E-state index in [4.69, 9.17) is 4.74 Å². The van der Waals surface area contributed by atoms with Crippen LogP contribution in [0, 0.1) is 0 Å². The molecule has 1 heterocycles. The Morgan fingerprint density at radius 1 is 1.30 bits per heavy atom. The van der Waals surface area contributed by atoms with Gasteiger partial charge in [0.15, 0.2) is 5.82 Å². The molecule has 0 saturated carbocycles. The number of rotatable bonds is 7. The third-order valence-electron chi connectivity index (χ3n) is 2.83. The molecule has 1 aromatic heterocycles.